The van der Waals surface area contributed by atoms with E-state index in [0.717, 1.165) is 41.5 Å². The van der Waals surface area contributed by atoms with Gasteiger partial charge in [-0.3, -0.25) is 4.79 Å². The fraction of sp³-hybridized carbons (Fsp3) is 0.348. The van der Waals surface area contributed by atoms with Gasteiger partial charge in [0.1, 0.15) is 5.54 Å². The Labute approximate surface area is 183 Å². The molecule has 1 aliphatic heterocycles. The highest BCUT2D eigenvalue weighted by molar-refractivity contribution is 6.23. The zero-order chi connectivity index (χ0) is 23.4. The molecule has 0 bridgehead atoms. The van der Waals surface area contributed by atoms with E-state index in [4.69, 9.17) is 5.73 Å². The molecule has 2 aromatic carbocycles. The second kappa shape index (κ2) is 7.26. The Bertz CT molecular complexity index is 1160. The van der Waals surface area contributed by atoms with Crippen LogP contribution in [0.3, 0.4) is 0 Å². The number of nitrogens with zero attached hydrogens (tertiary/aromatic N) is 3. The van der Waals surface area contributed by atoms with Crippen LogP contribution in [0.5, 0.6) is 0 Å². The molecule has 0 radical (unpaired) electrons. The first kappa shape index (κ1) is 21.7. The molecule has 4 rings (SSSR count). The van der Waals surface area contributed by atoms with Gasteiger partial charge in [-0.15, -0.1) is 0 Å². The van der Waals surface area contributed by atoms with Crippen molar-refractivity contribution >= 4 is 23.3 Å². The molecule has 1 saturated heterocycles. The van der Waals surface area contributed by atoms with Crippen molar-refractivity contribution < 1.29 is 22.8 Å². The summed E-state index contributed by atoms with van der Waals surface area (Å²) in [4.78, 5) is 28.7. The first-order chi connectivity index (χ1) is 14.9. The number of carbonyl (C=O) groups is 2. The number of hydrogen-bond donors (Lipinski definition) is 1. The van der Waals surface area contributed by atoms with Gasteiger partial charge in [0.25, 0.3) is 5.91 Å². The number of carbonyl (C=O) groups excluding carboxylic acids is 2. The van der Waals surface area contributed by atoms with Gasteiger partial charge >= 0.3 is 12.2 Å². The Morgan fingerprint density at radius 2 is 1.84 bits per heavy atom. The largest absolute Gasteiger partial charge is 0.416 e. The van der Waals surface area contributed by atoms with Gasteiger partial charge in [0.05, 0.1) is 29.4 Å². The molecule has 3 amide bonds. The summed E-state index contributed by atoms with van der Waals surface area (Å²) in [6.07, 6.45) is -2.69. The van der Waals surface area contributed by atoms with Crippen molar-refractivity contribution in [1.29, 1.82) is 5.26 Å². The topological polar surface area (TPSA) is 90.4 Å². The average Bonchev–Trinajstić information content (AvgIpc) is 3.54. The Hall–Kier alpha value is -3.54. The van der Waals surface area contributed by atoms with E-state index < -0.39 is 29.2 Å². The Morgan fingerprint density at radius 3 is 2.44 bits per heavy atom. The number of nitrogen functional groups attached to an aromatic ring is 1. The number of rotatable bonds is 4. The highest BCUT2D eigenvalue weighted by Crippen LogP contribution is 2.44. The minimum atomic E-state index is -4.56. The predicted molar refractivity (Wildman–Crippen MR) is 111 cm³/mol. The number of anilines is 2. The monoisotopic (exact) mass is 442 g/mol. The third kappa shape index (κ3) is 3.55. The maximum absolute atomic E-state index is 13.3. The van der Waals surface area contributed by atoms with Crippen molar-refractivity contribution in [3.8, 4) is 6.07 Å². The Morgan fingerprint density at radius 1 is 1.16 bits per heavy atom. The van der Waals surface area contributed by atoms with Crippen LogP contribution in [-0.2, 0) is 17.5 Å². The van der Waals surface area contributed by atoms with E-state index in [9.17, 15) is 28.0 Å². The molecule has 2 aromatic rings. The number of urea groups is 1. The summed E-state index contributed by atoms with van der Waals surface area (Å²) in [5, 5.41) is 9.35. The number of benzene rings is 2. The minimum Gasteiger partial charge on any atom is -0.398 e. The molecule has 0 atom stereocenters. The lowest BCUT2D eigenvalue weighted by Crippen LogP contribution is -2.43. The summed E-state index contributed by atoms with van der Waals surface area (Å²) in [5.41, 5.74) is 5.55. The molecule has 32 heavy (non-hydrogen) atoms. The molecule has 2 aliphatic rings. The van der Waals surface area contributed by atoms with Crippen LogP contribution >= 0.6 is 0 Å². The van der Waals surface area contributed by atoms with Crippen molar-refractivity contribution in [1.82, 2.24) is 4.90 Å². The number of nitrogens with two attached hydrogens (primary N) is 1. The van der Waals surface area contributed by atoms with Gasteiger partial charge < -0.3 is 10.6 Å². The van der Waals surface area contributed by atoms with Crippen LogP contribution in [0.15, 0.2) is 36.4 Å². The van der Waals surface area contributed by atoms with Gasteiger partial charge in [-0.1, -0.05) is 0 Å². The van der Waals surface area contributed by atoms with Crippen molar-refractivity contribution in [2.24, 2.45) is 0 Å². The van der Waals surface area contributed by atoms with Crippen molar-refractivity contribution in [3.63, 3.8) is 0 Å². The lowest BCUT2D eigenvalue weighted by molar-refractivity contribution is -0.137. The molecule has 0 spiro atoms. The summed E-state index contributed by atoms with van der Waals surface area (Å²) in [6.45, 7) is 2.83. The zero-order valence-electron chi connectivity index (χ0n) is 17.5. The summed E-state index contributed by atoms with van der Waals surface area (Å²) >= 11 is 0. The lowest BCUT2D eigenvalue weighted by atomic mass is 10.0. The van der Waals surface area contributed by atoms with E-state index in [0.29, 0.717) is 11.3 Å². The number of imide groups is 1. The van der Waals surface area contributed by atoms with Gasteiger partial charge in [-0.05, 0) is 80.1 Å². The molecule has 0 aromatic heterocycles. The van der Waals surface area contributed by atoms with E-state index in [1.807, 2.05) is 0 Å². The van der Waals surface area contributed by atoms with Gasteiger partial charge in [0.15, 0.2) is 0 Å². The summed E-state index contributed by atoms with van der Waals surface area (Å²) in [7, 11) is 0. The van der Waals surface area contributed by atoms with Crippen LogP contribution in [-0.4, -0.2) is 22.4 Å². The van der Waals surface area contributed by atoms with Crippen LogP contribution in [0, 0.1) is 11.3 Å². The molecular formula is C23H21F3N4O2. The highest BCUT2D eigenvalue weighted by atomic mass is 19.4. The molecule has 1 saturated carbocycles. The summed E-state index contributed by atoms with van der Waals surface area (Å²) < 4.78 is 39.5. The molecule has 2 fully saturated rings. The molecule has 0 unspecified atom stereocenters. The number of alkyl halides is 3. The molecule has 6 nitrogen and oxygen atoms in total. The lowest BCUT2D eigenvalue weighted by Gasteiger charge is -2.28. The molecule has 1 aliphatic carbocycles. The van der Waals surface area contributed by atoms with Crippen LogP contribution in [0.1, 0.15) is 54.9 Å². The first-order valence-electron chi connectivity index (χ1n) is 10.1. The molecular weight excluding hydrogens is 421 g/mol. The summed E-state index contributed by atoms with van der Waals surface area (Å²) in [6, 6.07) is 9.22. The van der Waals surface area contributed by atoms with E-state index in [1.165, 1.54) is 4.90 Å². The van der Waals surface area contributed by atoms with E-state index >= 15 is 0 Å². The quantitative estimate of drug-likeness (QED) is 0.545. The number of amides is 3. The van der Waals surface area contributed by atoms with Crippen LogP contribution in [0.2, 0.25) is 0 Å². The highest BCUT2D eigenvalue weighted by Gasteiger charge is 2.52. The van der Waals surface area contributed by atoms with Gasteiger partial charge in [-0.25, -0.2) is 9.69 Å². The molecule has 2 N–H and O–H groups in total. The second-order valence-electron chi connectivity index (χ2n) is 8.64. The smallest absolute Gasteiger partial charge is 0.398 e. The predicted octanol–water partition coefficient (Wildman–Crippen LogP) is 4.78. The molecule has 9 heteroatoms. The Kier molecular flexibility index (Phi) is 4.92. The van der Waals surface area contributed by atoms with Crippen LogP contribution in [0.25, 0.3) is 0 Å². The average molecular weight is 442 g/mol. The van der Waals surface area contributed by atoms with E-state index in [1.54, 1.807) is 32.0 Å². The third-order valence-electron chi connectivity index (χ3n) is 6.05. The van der Waals surface area contributed by atoms with Gasteiger partial charge in [0.2, 0.25) is 0 Å². The second-order valence-corrected chi connectivity index (χ2v) is 8.64. The zero-order valence-corrected chi connectivity index (χ0v) is 17.5. The third-order valence-corrected chi connectivity index (χ3v) is 6.05. The van der Waals surface area contributed by atoms with Crippen LogP contribution in [0.4, 0.5) is 29.3 Å². The van der Waals surface area contributed by atoms with E-state index in [2.05, 4.69) is 6.07 Å². The number of hydrogen-bond acceptors (Lipinski definition) is 4. The van der Waals surface area contributed by atoms with Crippen molar-refractivity contribution in [3.05, 3.63) is 58.7 Å². The molecule has 1 heterocycles. The number of halogens is 3. The normalized spacial score (nSPS) is 18.2. The fourth-order valence-corrected chi connectivity index (χ4v) is 3.94. The van der Waals surface area contributed by atoms with E-state index in [-0.39, 0.29) is 23.7 Å². The van der Waals surface area contributed by atoms with Gasteiger partial charge in [-0.2, -0.15) is 18.4 Å². The minimum absolute atomic E-state index is 0.0990. The molecule has 166 valence electrons. The Balaban J connectivity index is 1.70. The van der Waals surface area contributed by atoms with Crippen molar-refractivity contribution in [2.75, 3.05) is 10.6 Å². The standard InChI is InChI=1S/C23H21F3N4O2/c1-22(2)20(31)30(17-7-5-14(11-27)18(10-17)13-3-4-13)21(32)29(22)12-15-9-16(23(24,25)26)6-8-19(15)28/h5-10,13H,3-4,12,28H2,1-2H3. The summed E-state index contributed by atoms with van der Waals surface area (Å²) in [5.74, 6) is -0.272. The fourth-order valence-electron chi connectivity index (χ4n) is 3.94. The van der Waals surface area contributed by atoms with Crippen molar-refractivity contribution in [2.45, 2.75) is 50.9 Å². The number of nitriles is 1. The van der Waals surface area contributed by atoms with Crippen LogP contribution < -0.4 is 10.6 Å². The SMILES string of the molecule is CC1(C)C(=O)N(c2ccc(C#N)c(C3CC3)c2)C(=O)N1Cc1cc(C(F)(F)F)ccc1N. The van der Waals surface area contributed by atoms with Gasteiger partial charge in [0, 0.05) is 5.69 Å². The maximum Gasteiger partial charge on any atom is 0.416 e. The first-order valence-corrected chi connectivity index (χ1v) is 10.1. The maximum atomic E-state index is 13.3.